The van der Waals surface area contributed by atoms with Gasteiger partial charge in [0.15, 0.2) is 24.0 Å². The highest BCUT2D eigenvalue weighted by Gasteiger charge is 2.42. The number of carbonyl (C=O) groups is 11. The standard InChI is InChI=1S/C55H97N7O15/c1-21-32(15)42(56-37(20)65)51(70)62-45(36(19)75-53(72)39(24-27(5)6)58-47(66)31(13)14)54(73)77-46(30(11)12)55(74)76-40(25-28(7)8)49(68)60-43(33(16)22-2)50(69)57-38(23-26(3)4)48(67)61-44(35(18)64)52(71)59-41(29(9)10)34(17)63/h26-33,35-36,38-46,64H,21-25H2,1-20H3,(H,56,65)(H,57,69)(H,58,66)(H,59,71)(H,60,68)(H,61,67)(H,62,70)/p+1. The predicted octanol–water partition coefficient (Wildman–Crippen LogP) is 2.30. The summed E-state index contributed by atoms with van der Waals surface area (Å²) in [5.74, 6) is -11.5. The summed E-state index contributed by atoms with van der Waals surface area (Å²) in [4.78, 5) is 149. The maximum absolute atomic E-state index is 14.4. The fourth-order valence-electron chi connectivity index (χ4n) is 8.07. The summed E-state index contributed by atoms with van der Waals surface area (Å²) >= 11 is 0. The summed E-state index contributed by atoms with van der Waals surface area (Å²) in [7, 11) is 0. The Bertz CT molecular complexity index is 1990. The van der Waals surface area contributed by atoms with Gasteiger partial charge in [0.05, 0.1) is 12.1 Å². The van der Waals surface area contributed by atoms with Gasteiger partial charge in [-0.15, -0.1) is 0 Å². The SMILES string of the molecule is CCC(C)C(NC(C)=O)C(=O)NC(C(=O)OC(C(=O)OC(CC(C)C)C(=O)NC(C(=O)[NH2+]C(CC(C)C)C(=O)NC(C(=O)NC(C(C)=O)C(C)C)C(C)O)C(C)CC)C(C)C)C(C)OC(=O)C(CC(C)C)NC(=O)C(C)C. The molecule has 442 valence electrons. The van der Waals surface area contributed by atoms with Crippen LogP contribution in [0.5, 0.6) is 0 Å². The molecule has 0 heterocycles. The van der Waals surface area contributed by atoms with Gasteiger partial charge in [0.2, 0.25) is 29.7 Å². The van der Waals surface area contributed by atoms with Gasteiger partial charge in [-0.3, -0.25) is 38.9 Å². The summed E-state index contributed by atoms with van der Waals surface area (Å²) in [6.45, 7) is 32.9. The van der Waals surface area contributed by atoms with E-state index in [-0.39, 0.29) is 48.7 Å². The lowest BCUT2D eigenvalue weighted by atomic mass is 9.95. The van der Waals surface area contributed by atoms with Gasteiger partial charge in [-0.05, 0) is 69.1 Å². The highest BCUT2D eigenvalue weighted by molar-refractivity contribution is 5.95. The average Bonchev–Trinajstić information content (AvgIpc) is 3.31. The van der Waals surface area contributed by atoms with Gasteiger partial charge in [0, 0.05) is 25.2 Å². The number of Topliss-reactive ketones (excluding diaryl/α,β-unsaturated/α-hetero) is 1. The average molecular weight is 1100 g/mol. The Morgan fingerprint density at radius 2 is 0.935 bits per heavy atom. The van der Waals surface area contributed by atoms with Crippen molar-refractivity contribution < 1.29 is 77.4 Å². The van der Waals surface area contributed by atoms with Crippen molar-refractivity contribution in [1.82, 2.24) is 31.9 Å². The number of hydrogen-bond donors (Lipinski definition) is 8. The molecule has 0 fully saturated rings. The Balaban J connectivity index is 7.05. The Hall–Kier alpha value is -5.51. The van der Waals surface area contributed by atoms with E-state index in [1.54, 1.807) is 83.1 Å². The number of primary amides is 1. The second-order valence-corrected chi connectivity index (χ2v) is 22.9. The lowest BCUT2D eigenvalue weighted by molar-refractivity contribution is -0.596. The van der Waals surface area contributed by atoms with Crippen LogP contribution in [0.3, 0.4) is 0 Å². The van der Waals surface area contributed by atoms with Crippen molar-refractivity contribution in [2.24, 2.45) is 47.3 Å². The zero-order chi connectivity index (χ0) is 59.9. The molecule has 9 N–H and O–H groups in total. The van der Waals surface area contributed by atoms with Crippen LogP contribution >= 0.6 is 0 Å². The monoisotopic (exact) mass is 1100 g/mol. The molecule has 0 aromatic rings. The third-order valence-electron chi connectivity index (χ3n) is 13.0. The number of rotatable bonds is 34. The topological polar surface area (TPSA) is 324 Å². The molecule has 0 aliphatic carbocycles. The van der Waals surface area contributed by atoms with Crippen LogP contribution in [0.15, 0.2) is 0 Å². The van der Waals surface area contributed by atoms with Crippen LogP contribution < -0.4 is 37.2 Å². The van der Waals surface area contributed by atoms with Gasteiger partial charge in [-0.1, -0.05) is 124 Å². The minimum absolute atomic E-state index is 0.0549. The molecular weight excluding hydrogens is 999 g/mol. The van der Waals surface area contributed by atoms with Gasteiger partial charge in [-0.2, -0.15) is 0 Å². The first-order chi connectivity index (χ1) is 35.5. The quantitative estimate of drug-likeness (QED) is 0.0339. The molecule has 22 nitrogen and oxygen atoms in total. The number of ketones is 1. The number of esters is 3. The van der Waals surface area contributed by atoms with Crippen LogP contribution in [0.1, 0.15) is 171 Å². The van der Waals surface area contributed by atoms with E-state index < -0.39 is 150 Å². The minimum Gasteiger partial charge on any atom is -0.458 e. The van der Waals surface area contributed by atoms with E-state index in [0.717, 1.165) is 5.32 Å². The van der Waals surface area contributed by atoms with Gasteiger partial charge >= 0.3 is 23.8 Å². The summed E-state index contributed by atoms with van der Waals surface area (Å²) < 4.78 is 17.4. The van der Waals surface area contributed by atoms with Gasteiger partial charge in [0.25, 0.3) is 11.8 Å². The van der Waals surface area contributed by atoms with Gasteiger partial charge in [-0.25, -0.2) is 19.2 Å². The largest absolute Gasteiger partial charge is 0.458 e. The Kier molecular flexibility index (Phi) is 31.9. The molecular formula is C55H98N7O15+. The maximum atomic E-state index is 14.4. The number of aliphatic hydroxyl groups excluding tert-OH is 1. The van der Waals surface area contributed by atoms with E-state index in [9.17, 15) is 57.8 Å². The van der Waals surface area contributed by atoms with Crippen molar-refractivity contribution in [3.05, 3.63) is 0 Å². The molecule has 0 aliphatic rings. The van der Waals surface area contributed by atoms with Crippen LogP contribution in [0.25, 0.3) is 0 Å². The van der Waals surface area contributed by atoms with Crippen LogP contribution in [0, 0.1) is 47.3 Å². The van der Waals surface area contributed by atoms with E-state index in [1.165, 1.54) is 27.7 Å². The smallest absolute Gasteiger partial charge is 0.348 e. The van der Waals surface area contributed by atoms with E-state index in [2.05, 4.69) is 31.9 Å². The van der Waals surface area contributed by atoms with Crippen molar-refractivity contribution in [2.75, 3.05) is 0 Å². The normalized spacial score (nSPS) is 16.8. The van der Waals surface area contributed by atoms with Crippen molar-refractivity contribution in [3.8, 4) is 0 Å². The second-order valence-electron chi connectivity index (χ2n) is 22.9. The molecule has 22 heteroatoms. The fourth-order valence-corrected chi connectivity index (χ4v) is 8.07. The van der Waals surface area contributed by atoms with Crippen LogP contribution in [-0.2, 0) is 67.0 Å². The minimum atomic E-state index is -1.78. The number of nitrogens with two attached hydrogens (primary N) is 1. The number of nitrogens with one attached hydrogen (secondary N) is 6. The number of hydrogen-bond acceptors (Lipinski definition) is 15. The number of ether oxygens (including phenoxy) is 3. The number of quaternary nitrogens is 1. The second kappa shape index (κ2) is 34.4. The lowest BCUT2D eigenvalue weighted by Gasteiger charge is -2.31. The molecule has 0 saturated heterocycles. The highest BCUT2D eigenvalue weighted by Crippen LogP contribution is 2.20. The van der Waals surface area contributed by atoms with Crippen LogP contribution in [0.4, 0.5) is 0 Å². The van der Waals surface area contributed by atoms with Crippen molar-refractivity contribution in [1.29, 1.82) is 0 Å². The Morgan fingerprint density at radius 1 is 0.455 bits per heavy atom. The first-order valence-corrected chi connectivity index (χ1v) is 27.5. The number of aliphatic hydroxyl groups is 1. The summed E-state index contributed by atoms with van der Waals surface area (Å²) in [6, 6.07) is -8.80. The van der Waals surface area contributed by atoms with E-state index >= 15 is 0 Å². The molecule has 0 saturated carbocycles. The first-order valence-electron chi connectivity index (χ1n) is 27.5. The van der Waals surface area contributed by atoms with E-state index in [1.807, 2.05) is 27.7 Å². The zero-order valence-electron chi connectivity index (χ0n) is 49.7. The van der Waals surface area contributed by atoms with Crippen molar-refractivity contribution in [2.45, 2.75) is 237 Å². The molecule has 0 rings (SSSR count). The zero-order valence-corrected chi connectivity index (χ0v) is 49.7. The van der Waals surface area contributed by atoms with E-state index in [4.69, 9.17) is 14.2 Å². The Morgan fingerprint density at radius 3 is 1.38 bits per heavy atom. The Labute approximate surface area is 457 Å². The summed E-state index contributed by atoms with van der Waals surface area (Å²) in [5.41, 5.74) is 0. The number of carbonyl (C=O) groups excluding carboxylic acids is 11. The van der Waals surface area contributed by atoms with E-state index in [0.29, 0.717) is 12.8 Å². The maximum Gasteiger partial charge on any atom is 0.348 e. The molecule has 0 aromatic carbocycles. The van der Waals surface area contributed by atoms with Crippen molar-refractivity contribution >= 4 is 65.0 Å². The fraction of sp³-hybridized carbons (Fsp3) is 0.800. The highest BCUT2D eigenvalue weighted by atomic mass is 16.6. The molecule has 7 amide bonds. The van der Waals surface area contributed by atoms with Crippen LogP contribution in [-0.4, -0.2) is 137 Å². The molecule has 0 aromatic heterocycles. The molecule has 0 bridgehead atoms. The number of amides is 7. The molecule has 77 heavy (non-hydrogen) atoms. The molecule has 0 aliphatic heterocycles. The molecule has 0 radical (unpaired) electrons. The molecule has 0 spiro atoms. The van der Waals surface area contributed by atoms with Gasteiger partial charge < -0.3 is 51.2 Å². The molecule has 13 atom stereocenters. The summed E-state index contributed by atoms with van der Waals surface area (Å²) in [6.07, 6.45) is -5.06. The predicted molar refractivity (Wildman–Crippen MR) is 287 cm³/mol. The molecule has 13 unspecified atom stereocenters. The first kappa shape index (κ1) is 71.5. The van der Waals surface area contributed by atoms with Crippen molar-refractivity contribution in [3.63, 3.8) is 0 Å². The third-order valence-corrected chi connectivity index (χ3v) is 13.0. The van der Waals surface area contributed by atoms with Gasteiger partial charge in [0.1, 0.15) is 30.3 Å². The third kappa shape index (κ3) is 25.2. The lowest BCUT2D eigenvalue weighted by Crippen LogP contribution is -2.98. The summed E-state index contributed by atoms with van der Waals surface area (Å²) in [5, 5.41) is 27.4. The van der Waals surface area contributed by atoms with Crippen LogP contribution in [0.2, 0.25) is 0 Å².